The largest absolute Gasteiger partial charge is 0.309 e. The summed E-state index contributed by atoms with van der Waals surface area (Å²) in [5.74, 6) is 0. The average molecular weight is 771 g/mol. The van der Waals surface area contributed by atoms with Crippen molar-refractivity contribution >= 4 is 85.5 Å². The molecule has 0 aliphatic carbocycles. The Kier molecular flexibility index (Phi) is 7.46. The van der Waals surface area contributed by atoms with Crippen LogP contribution in [0.1, 0.15) is 33.4 Å². The van der Waals surface area contributed by atoms with E-state index in [-0.39, 0.29) is 29.4 Å². The van der Waals surface area contributed by atoms with Gasteiger partial charge in [0.2, 0.25) is 29.5 Å². The van der Waals surface area contributed by atoms with Gasteiger partial charge in [-0.05, 0) is 69.8 Å². The summed E-state index contributed by atoms with van der Waals surface area (Å²) in [6.07, 6.45) is 4.89. The molecule has 3 aliphatic rings. The van der Waals surface area contributed by atoms with Gasteiger partial charge in [0.1, 0.15) is 0 Å². The molecule has 3 heterocycles. The second-order valence-corrected chi connectivity index (χ2v) is 21.3. The van der Waals surface area contributed by atoms with Crippen LogP contribution in [0.25, 0.3) is 32.9 Å². The van der Waals surface area contributed by atoms with Crippen LogP contribution >= 0.6 is 7.14 Å². The Morgan fingerprint density at radius 2 is 0.566 bits per heavy atom. The molecule has 0 N–H and O–H groups in total. The van der Waals surface area contributed by atoms with E-state index < -0.39 is 36.7 Å². The SMILES string of the molecule is O=P(c1ccc(C2=Cc3ccccc3S2(=O)=O)cc1)(c1ccc(C2=Cc3ccccc3S2(=O)=O)cc1)c1ccc(C2=Cc3ccccc3S2(=O)=O)cc1. The molecule has 11 heteroatoms. The van der Waals surface area contributed by atoms with Crippen LogP contribution in [0.5, 0.6) is 0 Å². The van der Waals surface area contributed by atoms with E-state index in [0.29, 0.717) is 49.3 Å². The second-order valence-electron chi connectivity index (χ2n) is 12.9. The molecular weight excluding hydrogens is 744 g/mol. The normalized spacial score (nSPS) is 17.2. The van der Waals surface area contributed by atoms with E-state index in [0.717, 1.165) is 0 Å². The summed E-state index contributed by atoms with van der Waals surface area (Å²) in [6.45, 7) is 0. The third-order valence-electron chi connectivity index (χ3n) is 9.90. The molecule has 0 unspecified atom stereocenters. The van der Waals surface area contributed by atoms with Gasteiger partial charge in [0, 0.05) is 15.9 Å². The molecule has 6 aromatic carbocycles. The maximum Gasteiger partial charge on any atom is 0.207 e. The molecule has 0 saturated carbocycles. The van der Waals surface area contributed by atoms with Crippen molar-refractivity contribution < 1.29 is 29.8 Å². The third-order valence-corrected chi connectivity index (χ3v) is 18.6. The van der Waals surface area contributed by atoms with Crippen LogP contribution in [0.3, 0.4) is 0 Å². The maximum absolute atomic E-state index is 15.6. The summed E-state index contributed by atoms with van der Waals surface area (Å²) in [5, 5.41) is 1.24. The second kappa shape index (κ2) is 11.8. The highest BCUT2D eigenvalue weighted by molar-refractivity contribution is 8.02. The van der Waals surface area contributed by atoms with Gasteiger partial charge in [-0.2, -0.15) is 0 Å². The first kappa shape index (κ1) is 33.5. The molecule has 0 radical (unpaired) electrons. The number of hydrogen-bond donors (Lipinski definition) is 0. The number of sulfone groups is 3. The standard InChI is InChI=1S/C42H27O7PS3/c43-50(34-19-13-28(14-20-34)40-25-31-7-1-4-10-37(31)51(40,44)45,35-21-15-29(16-22-35)41-26-32-8-2-5-11-38(32)52(41,46)47)36-23-17-30(18-24-36)42-27-33-9-3-6-12-39(33)53(42,48)49/h1-27H. The first-order valence-electron chi connectivity index (χ1n) is 16.5. The van der Waals surface area contributed by atoms with Gasteiger partial charge in [-0.3, -0.25) is 0 Å². The van der Waals surface area contributed by atoms with E-state index in [1.807, 2.05) is 0 Å². The molecule has 0 fully saturated rings. The zero-order valence-electron chi connectivity index (χ0n) is 27.6. The number of hydrogen-bond acceptors (Lipinski definition) is 7. The highest BCUT2D eigenvalue weighted by Gasteiger charge is 2.35. The minimum absolute atomic E-state index is 0.146. The van der Waals surface area contributed by atoms with Crippen LogP contribution in [0, 0.1) is 0 Å². The lowest BCUT2D eigenvalue weighted by Gasteiger charge is -2.21. The van der Waals surface area contributed by atoms with Gasteiger partial charge in [0.15, 0.2) is 7.14 Å². The zero-order valence-corrected chi connectivity index (χ0v) is 31.0. The van der Waals surface area contributed by atoms with Crippen LogP contribution in [0.2, 0.25) is 0 Å². The minimum atomic E-state index is -3.75. The van der Waals surface area contributed by atoms with Gasteiger partial charge in [0.25, 0.3) is 0 Å². The fraction of sp³-hybridized carbons (Fsp3) is 0. The van der Waals surface area contributed by atoms with Gasteiger partial charge in [0.05, 0.1) is 29.4 Å². The van der Waals surface area contributed by atoms with Crippen molar-refractivity contribution in [3.8, 4) is 0 Å². The zero-order chi connectivity index (χ0) is 36.8. The summed E-state index contributed by atoms with van der Waals surface area (Å²) in [4.78, 5) is 1.13. The monoisotopic (exact) mass is 770 g/mol. The third kappa shape index (κ3) is 5.05. The molecule has 260 valence electrons. The molecule has 0 saturated heterocycles. The Hall–Kier alpha value is -5.38. The summed E-state index contributed by atoms with van der Waals surface area (Å²) < 4.78 is 96.1. The van der Waals surface area contributed by atoms with Crippen molar-refractivity contribution in [3.63, 3.8) is 0 Å². The van der Waals surface area contributed by atoms with E-state index in [9.17, 15) is 25.3 Å². The molecule has 6 aromatic rings. The Morgan fingerprint density at radius 1 is 0.321 bits per heavy atom. The Labute approximate surface area is 307 Å². The molecule has 7 nitrogen and oxygen atoms in total. The Balaban J connectivity index is 1.13. The average Bonchev–Trinajstić information content (AvgIpc) is 3.73. The fourth-order valence-corrected chi connectivity index (χ4v) is 14.8. The fourth-order valence-electron chi connectivity index (χ4n) is 7.21. The van der Waals surface area contributed by atoms with E-state index in [1.165, 1.54) is 0 Å². The minimum Gasteiger partial charge on any atom is -0.309 e. The highest BCUT2D eigenvalue weighted by Crippen LogP contribution is 2.46. The molecule has 53 heavy (non-hydrogen) atoms. The van der Waals surface area contributed by atoms with Crippen LogP contribution in [0.15, 0.2) is 160 Å². The van der Waals surface area contributed by atoms with Crippen LogP contribution in [-0.2, 0) is 34.1 Å². The Bertz CT molecular complexity index is 2700. The maximum atomic E-state index is 15.6. The number of fused-ring (bicyclic) bond motifs is 3. The highest BCUT2D eigenvalue weighted by atomic mass is 32.2. The summed E-state index contributed by atoms with van der Waals surface area (Å²) in [5.41, 5.74) is 3.13. The predicted octanol–water partition coefficient (Wildman–Crippen LogP) is 7.18. The van der Waals surface area contributed by atoms with E-state index in [2.05, 4.69) is 0 Å². The van der Waals surface area contributed by atoms with Gasteiger partial charge < -0.3 is 4.57 Å². The molecule has 0 amide bonds. The van der Waals surface area contributed by atoms with E-state index in [4.69, 9.17) is 0 Å². The summed E-state index contributed by atoms with van der Waals surface area (Å²) in [6, 6.07) is 40.0. The molecular formula is C42H27O7PS3. The van der Waals surface area contributed by atoms with Crippen molar-refractivity contribution in [1.82, 2.24) is 0 Å². The Morgan fingerprint density at radius 3 is 0.811 bits per heavy atom. The smallest absolute Gasteiger partial charge is 0.207 e. The molecule has 0 atom stereocenters. The van der Waals surface area contributed by atoms with Gasteiger partial charge in [-0.25, -0.2) is 25.3 Å². The van der Waals surface area contributed by atoms with Gasteiger partial charge in [-0.15, -0.1) is 0 Å². The van der Waals surface area contributed by atoms with Crippen molar-refractivity contribution in [2.45, 2.75) is 14.7 Å². The topological polar surface area (TPSA) is 119 Å². The quantitative estimate of drug-likeness (QED) is 0.165. The molecule has 9 rings (SSSR count). The lowest BCUT2D eigenvalue weighted by molar-refractivity contribution is 0.592. The van der Waals surface area contributed by atoms with Crippen LogP contribution < -0.4 is 15.9 Å². The van der Waals surface area contributed by atoms with Gasteiger partial charge in [-0.1, -0.05) is 127 Å². The van der Waals surface area contributed by atoms with Crippen LogP contribution in [-0.4, -0.2) is 25.3 Å². The molecule has 0 spiro atoms. The molecule has 0 bridgehead atoms. The van der Waals surface area contributed by atoms with Crippen molar-refractivity contribution in [1.29, 1.82) is 0 Å². The van der Waals surface area contributed by atoms with Crippen LogP contribution in [0.4, 0.5) is 0 Å². The van der Waals surface area contributed by atoms with Crippen molar-refractivity contribution in [2.75, 3.05) is 0 Å². The van der Waals surface area contributed by atoms with Crippen molar-refractivity contribution in [3.05, 3.63) is 179 Å². The van der Waals surface area contributed by atoms with Gasteiger partial charge >= 0.3 is 0 Å². The summed E-state index contributed by atoms with van der Waals surface area (Å²) in [7, 11) is -15.0. The lowest BCUT2D eigenvalue weighted by atomic mass is 10.1. The van der Waals surface area contributed by atoms with Crippen molar-refractivity contribution in [2.24, 2.45) is 0 Å². The van der Waals surface area contributed by atoms with E-state index in [1.54, 1.807) is 164 Å². The first-order chi connectivity index (χ1) is 25.4. The summed E-state index contributed by atoms with van der Waals surface area (Å²) >= 11 is 0. The first-order valence-corrected chi connectivity index (χ1v) is 22.7. The number of benzene rings is 6. The lowest BCUT2D eigenvalue weighted by Crippen LogP contribution is -2.25. The number of rotatable bonds is 6. The molecule has 0 aromatic heterocycles. The predicted molar refractivity (Wildman–Crippen MR) is 210 cm³/mol. The molecule has 3 aliphatic heterocycles. The van der Waals surface area contributed by atoms with E-state index >= 15 is 4.57 Å².